The lowest BCUT2D eigenvalue weighted by molar-refractivity contribution is -0.384. The Labute approximate surface area is 114 Å². The van der Waals surface area contributed by atoms with E-state index in [0.717, 1.165) is 11.1 Å². The number of nitro groups is 1. The van der Waals surface area contributed by atoms with Crippen LogP contribution in [0.5, 0.6) is 5.75 Å². The van der Waals surface area contributed by atoms with Crippen LogP contribution in [0.2, 0.25) is 0 Å². The Morgan fingerprint density at radius 3 is 2.21 bits per heavy atom. The van der Waals surface area contributed by atoms with Gasteiger partial charge < -0.3 is 5.11 Å². The Balaban J connectivity index is 2.25. The number of rotatable bonds is 3. The van der Waals surface area contributed by atoms with E-state index in [2.05, 4.69) is 0 Å². The number of aromatic hydroxyl groups is 1. The molecule has 19 heavy (non-hydrogen) atoms. The molecule has 1 N–H and O–H groups in total. The van der Waals surface area contributed by atoms with Crippen LogP contribution in [0.4, 0.5) is 5.69 Å². The van der Waals surface area contributed by atoms with Gasteiger partial charge in [-0.15, -0.1) is 0 Å². The zero-order valence-corrected chi connectivity index (χ0v) is 10.5. The molecule has 0 amide bonds. The SMILES string of the molecule is O=[N+]([O-])c1ccc(C=C(Cl)c2ccc(O)cc2)cc1. The summed E-state index contributed by atoms with van der Waals surface area (Å²) >= 11 is 6.14. The molecule has 0 aromatic heterocycles. The number of phenolic OH excluding ortho intramolecular Hbond substituents is 1. The van der Waals surface area contributed by atoms with Crippen LogP contribution >= 0.6 is 11.6 Å². The lowest BCUT2D eigenvalue weighted by Crippen LogP contribution is -1.86. The predicted molar refractivity (Wildman–Crippen MR) is 74.9 cm³/mol. The average molecular weight is 276 g/mol. The van der Waals surface area contributed by atoms with Crippen LogP contribution in [0.25, 0.3) is 11.1 Å². The number of halogens is 1. The number of non-ortho nitro benzene ring substituents is 1. The first kappa shape index (κ1) is 13.1. The van der Waals surface area contributed by atoms with E-state index in [1.165, 1.54) is 12.1 Å². The maximum absolute atomic E-state index is 10.5. The van der Waals surface area contributed by atoms with Gasteiger partial charge in [0.05, 0.1) is 4.92 Å². The van der Waals surface area contributed by atoms with Crippen LogP contribution in [0.1, 0.15) is 11.1 Å². The third-order valence-electron chi connectivity index (χ3n) is 2.54. The molecule has 4 nitrogen and oxygen atoms in total. The van der Waals surface area contributed by atoms with Gasteiger partial charge in [0.1, 0.15) is 5.75 Å². The molecule has 0 heterocycles. The Morgan fingerprint density at radius 2 is 1.68 bits per heavy atom. The number of benzene rings is 2. The summed E-state index contributed by atoms with van der Waals surface area (Å²) in [6.45, 7) is 0. The Bertz CT molecular complexity index is 618. The lowest BCUT2D eigenvalue weighted by Gasteiger charge is -2.00. The van der Waals surface area contributed by atoms with Crippen LogP contribution in [0.3, 0.4) is 0 Å². The van der Waals surface area contributed by atoms with Gasteiger partial charge in [-0.1, -0.05) is 11.6 Å². The summed E-state index contributed by atoms with van der Waals surface area (Å²) in [5.41, 5.74) is 1.57. The van der Waals surface area contributed by atoms with Crippen molar-refractivity contribution in [2.24, 2.45) is 0 Å². The average Bonchev–Trinajstić information content (AvgIpc) is 2.40. The van der Waals surface area contributed by atoms with E-state index in [1.807, 2.05) is 0 Å². The molecular weight excluding hydrogens is 266 g/mol. The van der Waals surface area contributed by atoms with Crippen molar-refractivity contribution in [2.75, 3.05) is 0 Å². The van der Waals surface area contributed by atoms with E-state index >= 15 is 0 Å². The van der Waals surface area contributed by atoms with Crippen LogP contribution in [-0.4, -0.2) is 10.0 Å². The van der Waals surface area contributed by atoms with Gasteiger partial charge in [0.25, 0.3) is 5.69 Å². The summed E-state index contributed by atoms with van der Waals surface area (Å²) < 4.78 is 0. The standard InChI is InChI=1S/C14H10ClNO3/c15-14(11-3-7-13(17)8-4-11)9-10-1-5-12(6-2-10)16(18)19/h1-9,17H. The molecule has 0 aliphatic carbocycles. The lowest BCUT2D eigenvalue weighted by atomic mass is 10.1. The Hall–Kier alpha value is -2.33. The molecule has 96 valence electrons. The molecule has 0 aliphatic heterocycles. The highest BCUT2D eigenvalue weighted by molar-refractivity contribution is 6.51. The summed E-state index contributed by atoms with van der Waals surface area (Å²) in [7, 11) is 0. The second-order valence-corrected chi connectivity index (χ2v) is 4.29. The molecular formula is C14H10ClNO3. The highest BCUT2D eigenvalue weighted by atomic mass is 35.5. The summed E-state index contributed by atoms with van der Waals surface area (Å²) in [6.07, 6.45) is 1.71. The van der Waals surface area contributed by atoms with Gasteiger partial charge in [0.15, 0.2) is 0 Å². The smallest absolute Gasteiger partial charge is 0.269 e. The highest BCUT2D eigenvalue weighted by Gasteiger charge is 2.04. The van der Waals surface area contributed by atoms with Crippen molar-refractivity contribution >= 4 is 28.4 Å². The fourth-order valence-corrected chi connectivity index (χ4v) is 1.79. The van der Waals surface area contributed by atoms with Crippen molar-refractivity contribution < 1.29 is 10.0 Å². The normalized spacial score (nSPS) is 11.3. The van der Waals surface area contributed by atoms with Crippen LogP contribution in [-0.2, 0) is 0 Å². The quantitative estimate of drug-likeness (QED) is 0.522. The minimum Gasteiger partial charge on any atom is -0.508 e. The van der Waals surface area contributed by atoms with Gasteiger partial charge in [-0.25, -0.2) is 0 Å². The third-order valence-corrected chi connectivity index (χ3v) is 2.87. The van der Waals surface area contributed by atoms with Gasteiger partial charge in [0.2, 0.25) is 0 Å². The van der Waals surface area contributed by atoms with Crippen molar-refractivity contribution in [3.63, 3.8) is 0 Å². The number of nitrogens with zero attached hydrogens (tertiary/aromatic N) is 1. The molecule has 0 saturated heterocycles. The molecule has 0 fully saturated rings. The van der Waals surface area contributed by atoms with E-state index in [0.29, 0.717) is 5.03 Å². The molecule has 0 bridgehead atoms. The van der Waals surface area contributed by atoms with Crippen LogP contribution in [0.15, 0.2) is 48.5 Å². The Morgan fingerprint density at radius 1 is 1.11 bits per heavy atom. The predicted octanol–water partition coefficient (Wildman–Crippen LogP) is 4.04. The number of phenols is 1. The van der Waals surface area contributed by atoms with E-state index in [1.54, 1.807) is 42.5 Å². The van der Waals surface area contributed by atoms with Crippen LogP contribution in [0, 0.1) is 10.1 Å². The summed E-state index contributed by atoms with van der Waals surface area (Å²) in [4.78, 5) is 10.1. The summed E-state index contributed by atoms with van der Waals surface area (Å²) in [5.74, 6) is 0.170. The summed E-state index contributed by atoms with van der Waals surface area (Å²) in [6, 6.07) is 12.6. The molecule has 2 aromatic rings. The molecule has 0 spiro atoms. The van der Waals surface area contributed by atoms with Crippen molar-refractivity contribution in [2.45, 2.75) is 0 Å². The van der Waals surface area contributed by atoms with Gasteiger partial charge in [-0.3, -0.25) is 10.1 Å². The topological polar surface area (TPSA) is 63.4 Å². The summed E-state index contributed by atoms with van der Waals surface area (Å²) in [5, 5.41) is 20.2. The Kier molecular flexibility index (Phi) is 3.82. The minimum absolute atomic E-state index is 0.0397. The van der Waals surface area contributed by atoms with E-state index in [4.69, 9.17) is 11.6 Å². The molecule has 0 radical (unpaired) electrons. The molecule has 5 heteroatoms. The van der Waals surface area contributed by atoms with Crippen molar-refractivity contribution in [1.29, 1.82) is 0 Å². The van der Waals surface area contributed by atoms with Crippen molar-refractivity contribution in [3.05, 3.63) is 69.8 Å². The third kappa shape index (κ3) is 3.33. The maximum atomic E-state index is 10.5. The zero-order chi connectivity index (χ0) is 13.8. The van der Waals surface area contributed by atoms with E-state index < -0.39 is 4.92 Å². The zero-order valence-electron chi connectivity index (χ0n) is 9.79. The van der Waals surface area contributed by atoms with Crippen LogP contribution < -0.4 is 0 Å². The molecule has 0 saturated carbocycles. The molecule has 2 aromatic carbocycles. The van der Waals surface area contributed by atoms with Gasteiger partial charge >= 0.3 is 0 Å². The van der Waals surface area contributed by atoms with Gasteiger partial charge in [-0.2, -0.15) is 0 Å². The molecule has 2 rings (SSSR count). The fourth-order valence-electron chi connectivity index (χ4n) is 1.54. The number of nitro benzene ring substituents is 1. The molecule has 0 unspecified atom stereocenters. The minimum atomic E-state index is -0.449. The second-order valence-electron chi connectivity index (χ2n) is 3.89. The number of hydrogen-bond acceptors (Lipinski definition) is 3. The highest BCUT2D eigenvalue weighted by Crippen LogP contribution is 2.24. The first-order chi connectivity index (χ1) is 9.06. The second kappa shape index (κ2) is 5.54. The molecule has 0 aliphatic rings. The van der Waals surface area contributed by atoms with Gasteiger partial charge in [-0.05, 0) is 53.6 Å². The van der Waals surface area contributed by atoms with Gasteiger partial charge in [0, 0.05) is 17.2 Å². The van der Waals surface area contributed by atoms with Crippen molar-refractivity contribution in [3.8, 4) is 5.75 Å². The number of hydrogen-bond donors (Lipinski definition) is 1. The van der Waals surface area contributed by atoms with E-state index in [9.17, 15) is 15.2 Å². The monoisotopic (exact) mass is 275 g/mol. The largest absolute Gasteiger partial charge is 0.508 e. The fraction of sp³-hybridized carbons (Fsp3) is 0. The first-order valence-corrected chi connectivity index (χ1v) is 5.85. The molecule has 0 atom stereocenters. The van der Waals surface area contributed by atoms with Crippen molar-refractivity contribution in [1.82, 2.24) is 0 Å². The van der Waals surface area contributed by atoms with E-state index in [-0.39, 0.29) is 11.4 Å². The maximum Gasteiger partial charge on any atom is 0.269 e. The first-order valence-electron chi connectivity index (χ1n) is 5.47.